The highest BCUT2D eigenvalue weighted by molar-refractivity contribution is 8.12. The molecule has 0 aliphatic rings. The number of hydrogen-bond acceptors (Lipinski definition) is 2. The van der Waals surface area contributed by atoms with Crippen molar-refractivity contribution in [3.63, 3.8) is 0 Å². The van der Waals surface area contributed by atoms with Crippen LogP contribution in [0.25, 0.3) is 0 Å². The molecule has 0 aliphatic carbocycles. The molecule has 0 saturated carbocycles. The summed E-state index contributed by atoms with van der Waals surface area (Å²) in [4.78, 5) is 11.0. The Morgan fingerprint density at radius 1 is 0.875 bits per heavy atom. The number of thioether (sulfide) groups is 1. The van der Waals surface area contributed by atoms with E-state index in [9.17, 15) is 4.79 Å². The van der Waals surface area contributed by atoms with Crippen LogP contribution < -0.4 is 0 Å². The highest BCUT2D eigenvalue weighted by Crippen LogP contribution is 2.28. The molecule has 0 bridgehead atoms. The van der Waals surface area contributed by atoms with Gasteiger partial charge in [0.1, 0.15) is 0 Å². The predicted octanol–water partition coefficient (Wildman–Crippen LogP) is 4.01. The van der Waals surface area contributed by atoms with Crippen molar-refractivity contribution in [3.8, 4) is 0 Å². The minimum absolute atomic E-state index is 0.190. The summed E-state index contributed by atoms with van der Waals surface area (Å²) in [5, 5.41) is 0.190. The molecule has 0 heterocycles. The van der Waals surface area contributed by atoms with Crippen LogP contribution in [-0.4, -0.2) is 5.12 Å². The van der Waals surface area contributed by atoms with E-state index in [1.807, 2.05) is 0 Å². The van der Waals surface area contributed by atoms with Crippen LogP contribution in [0.1, 0.15) is 40.3 Å². The SMILES string of the molecule is CC(=O)SCc1c(C)c(C)c(C)c(C)c1C. The van der Waals surface area contributed by atoms with E-state index in [2.05, 4.69) is 34.6 Å². The fraction of sp³-hybridized carbons (Fsp3) is 0.500. The van der Waals surface area contributed by atoms with E-state index >= 15 is 0 Å². The minimum Gasteiger partial charge on any atom is -0.288 e. The molecule has 88 valence electrons. The molecule has 0 fully saturated rings. The lowest BCUT2D eigenvalue weighted by molar-refractivity contribution is -0.109. The van der Waals surface area contributed by atoms with Gasteiger partial charge in [0.05, 0.1) is 0 Å². The number of carbonyl (C=O) groups excluding carboxylic acids is 1. The van der Waals surface area contributed by atoms with Crippen molar-refractivity contribution in [1.29, 1.82) is 0 Å². The van der Waals surface area contributed by atoms with Gasteiger partial charge in [-0.15, -0.1) is 0 Å². The quantitative estimate of drug-likeness (QED) is 0.772. The maximum absolute atomic E-state index is 11.0. The molecule has 1 aromatic carbocycles. The lowest BCUT2D eigenvalue weighted by Gasteiger charge is -2.18. The molecule has 0 N–H and O–H groups in total. The summed E-state index contributed by atoms with van der Waals surface area (Å²) in [5.74, 6) is 0.801. The Hall–Kier alpha value is -0.760. The van der Waals surface area contributed by atoms with Crippen molar-refractivity contribution in [2.45, 2.75) is 47.3 Å². The molecule has 0 amide bonds. The molecule has 1 rings (SSSR count). The third-order valence-electron chi connectivity index (χ3n) is 3.58. The Labute approximate surface area is 103 Å². The highest BCUT2D eigenvalue weighted by Gasteiger charge is 2.12. The normalized spacial score (nSPS) is 10.6. The van der Waals surface area contributed by atoms with Crippen LogP contribution in [0.4, 0.5) is 0 Å². The topological polar surface area (TPSA) is 17.1 Å². The van der Waals surface area contributed by atoms with Crippen LogP contribution >= 0.6 is 11.8 Å². The standard InChI is InChI=1S/C14H20OS/c1-8-9(2)11(4)14(7-16-13(6)15)12(5)10(8)3/h7H2,1-6H3. The van der Waals surface area contributed by atoms with Crippen molar-refractivity contribution >= 4 is 16.9 Å². The van der Waals surface area contributed by atoms with Gasteiger partial charge >= 0.3 is 0 Å². The molecule has 0 spiro atoms. The van der Waals surface area contributed by atoms with E-state index in [4.69, 9.17) is 0 Å². The third kappa shape index (κ3) is 2.49. The zero-order valence-corrected chi connectivity index (χ0v) is 11.8. The van der Waals surface area contributed by atoms with Crippen molar-refractivity contribution in [2.24, 2.45) is 0 Å². The van der Waals surface area contributed by atoms with Gasteiger partial charge in [-0.1, -0.05) is 11.8 Å². The molecule has 0 aliphatic heterocycles. The second kappa shape index (κ2) is 5.05. The van der Waals surface area contributed by atoms with Gasteiger partial charge in [-0.05, 0) is 68.0 Å². The van der Waals surface area contributed by atoms with Gasteiger partial charge in [0.25, 0.3) is 0 Å². The summed E-state index contributed by atoms with van der Waals surface area (Å²) in [7, 11) is 0. The summed E-state index contributed by atoms with van der Waals surface area (Å²) in [6.07, 6.45) is 0. The Bertz CT molecular complexity index is 404. The maximum Gasteiger partial charge on any atom is 0.186 e. The van der Waals surface area contributed by atoms with Gasteiger partial charge in [0, 0.05) is 12.7 Å². The fourth-order valence-corrected chi connectivity index (χ4v) is 2.75. The molecule has 0 saturated heterocycles. The molecule has 16 heavy (non-hydrogen) atoms. The van der Waals surface area contributed by atoms with Crippen molar-refractivity contribution in [3.05, 3.63) is 33.4 Å². The van der Waals surface area contributed by atoms with Crippen LogP contribution in [0, 0.1) is 34.6 Å². The number of carbonyl (C=O) groups is 1. The van der Waals surface area contributed by atoms with Crippen LogP contribution in [0.3, 0.4) is 0 Å². The van der Waals surface area contributed by atoms with Crippen LogP contribution in [0.2, 0.25) is 0 Å². The molecule has 0 aromatic heterocycles. The van der Waals surface area contributed by atoms with E-state index < -0.39 is 0 Å². The summed E-state index contributed by atoms with van der Waals surface area (Å²) < 4.78 is 0. The predicted molar refractivity (Wildman–Crippen MR) is 72.1 cm³/mol. The first-order valence-corrected chi connectivity index (χ1v) is 6.54. The monoisotopic (exact) mass is 236 g/mol. The van der Waals surface area contributed by atoms with Gasteiger partial charge in [-0.3, -0.25) is 4.79 Å². The molecule has 1 aromatic rings. The van der Waals surface area contributed by atoms with Gasteiger partial charge in [-0.25, -0.2) is 0 Å². The fourth-order valence-electron chi connectivity index (χ4n) is 1.97. The summed E-state index contributed by atoms with van der Waals surface area (Å²) in [6, 6.07) is 0. The lowest BCUT2D eigenvalue weighted by Crippen LogP contribution is -2.02. The van der Waals surface area contributed by atoms with E-state index in [1.54, 1.807) is 6.92 Å². The first-order valence-electron chi connectivity index (χ1n) is 5.55. The van der Waals surface area contributed by atoms with Gasteiger partial charge in [0.2, 0.25) is 0 Å². The van der Waals surface area contributed by atoms with E-state index in [0.29, 0.717) is 0 Å². The maximum atomic E-state index is 11.0. The van der Waals surface area contributed by atoms with E-state index in [0.717, 1.165) is 5.75 Å². The smallest absolute Gasteiger partial charge is 0.186 e. The molecular weight excluding hydrogens is 216 g/mol. The van der Waals surface area contributed by atoms with E-state index in [1.165, 1.54) is 45.1 Å². The molecular formula is C14H20OS. The van der Waals surface area contributed by atoms with E-state index in [-0.39, 0.29) is 5.12 Å². The van der Waals surface area contributed by atoms with Crippen LogP contribution in [-0.2, 0) is 10.5 Å². The Morgan fingerprint density at radius 3 is 1.62 bits per heavy atom. The number of benzene rings is 1. The second-order valence-corrected chi connectivity index (χ2v) is 5.54. The summed E-state index contributed by atoms with van der Waals surface area (Å²) in [6.45, 7) is 12.4. The molecule has 0 atom stereocenters. The molecule has 0 radical (unpaired) electrons. The number of rotatable bonds is 2. The Balaban J connectivity index is 3.23. The van der Waals surface area contributed by atoms with Crippen LogP contribution in [0.15, 0.2) is 0 Å². The first kappa shape index (κ1) is 13.3. The minimum atomic E-state index is 0.190. The Morgan fingerprint density at radius 2 is 1.25 bits per heavy atom. The van der Waals surface area contributed by atoms with Crippen molar-refractivity contribution in [2.75, 3.05) is 0 Å². The average Bonchev–Trinajstić information content (AvgIpc) is 2.23. The largest absolute Gasteiger partial charge is 0.288 e. The molecule has 1 nitrogen and oxygen atoms in total. The average molecular weight is 236 g/mol. The second-order valence-electron chi connectivity index (χ2n) is 4.38. The Kier molecular flexibility index (Phi) is 4.20. The number of hydrogen-bond donors (Lipinski definition) is 0. The molecule has 0 unspecified atom stereocenters. The molecule has 2 heteroatoms. The zero-order chi connectivity index (χ0) is 12.5. The summed E-state index contributed by atoms with van der Waals surface area (Å²) in [5.41, 5.74) is 8.13. The van der Waals surface area contributed by atoms with Crippen LogP contribution in [0.5, 0.6) is 0 Å². The highest BCUT2D eigenvalue weighted by atomic mass is 32.2. The van der Waals surface area contributed by atoms with Crippen molar-refractivity contribution in [1.82, 2.24) is 0 Å². The first-order chi connectivity index (χ1) is 7.36. The zero-order valence-electron chi connectivity index (χ0n) is 11.0. The third-order valence-corrected chi connectivity index (χ3v) is 4.41. The van der Waals surface area contributed by atoms with Gasteiger partial charge < -0.3 is 0 Å². The van der Waals surface area contributed by atoms with Gasteiger partial charge in [-0.2, -0.15) is 0 Å². The van der Waals surface area contributed by atoms with Crippen molar-refractivity contribution < 1.29 is 4.79 Å². The van der Waals surface area contributed by atoms with Gasteiger partial charge in [0.15, 0.2) is 5.12 Å². The summed E-state index contributed by atoms with van der Waals surface area (Å²) >= 11 is 1.40. The lowest BCUT2D eigenvalue weighted by atomic mass is 9.90.